The van der Waals surface area contributed by atoms with Gasteiger partial charge in [0.15, 0.2) is 0 Å². The molecule has 0 fully saturated rings. The van der Waals surface area contributed by atoms with Crippen LogP contribution in [0.2, 0.25) is 0 Å². The van der Waals surface area contributed by atoms with E-state index in [0.717, 1.165) is 10.5 Å². The molecule has 102 valence electrons. The molecule has 5 nitrogen and oxygen atoms in total. The van der Waals surface area contributed by atoms with E-state index in [2.05, 4.69) is 15.9 Å². The molecule has 0 unspecified atom stereocenters. The molecule has 20 heavy (non-hydrogen) atoms. The number of aromatic hydroxyl groups is 1. The molecule has 0 saturated heterocycles. The first kappa shape index (κ1) is 14.2. The molecule has 0 aliphatic carbocycles. The second-order valence-electron chi connectivity index (χ2n) is 4.06. The van der Waals surface area contributed by atoms with E-state index in [1.54, 1.807) is 12.1 Å². The summed E-state index contributed by atoms with van der Waals surface area (Å²) in [4.78, 5) is 35.4. The largest absolute Gasteiger partial charge is 0.501 e. The Morgan fingerprint density at radius 2 is 1.75 bits per heavy atom. The molecule has 1 aromatic heterocycles. The number of Topliss-reactive ketones (excluding diaryl/α,β-unsaturated/α-hetero) is 2. The molecule has 0 bridgehead atoms. The van der Waals surface area contributed by atoms with Crippen LogP contribution in [0, 0.1) is 6.92 Å². The lowest BCUT2D eigenvalue weighted by Gasteiger charge is -2.03. The van der Waals surface area contributed by atoms with E-state index in [-0.39, 0.29) is 11.3 Å². The van der Waals surface area contributed by atoms with Crippen molar-refractivity contribution in [1.29, 1.82) is 0 Å². The highest BCUT2D eigenvalue weighted by Crippen LogP contribution is 2.17. The van der Waals surface area contributed by atoms with Gasteiger partial charge in [0.1, 0.15) is 5.76 Å². The lowest BCUT2D eigenvalue weighted by molar-refractivity contribution is 0.0795. The smallest absolute Gasteiger partial charge is 0.272 e. The van der Waals surface area contributed by atoms with Crippen molar-refractivity contribution in [1.82, 2.24) is 0 Å². The number of rotatable bonds is 3. The van der Waals surface area contributed by atoms with Gasteiger partial charge in [0.25, 0.3) is 5.78 Å². The van der Waals surface area contributed by atoms with Crippen LogP contribution in [-0.4, -0.2) is 16.7 Å². The van der Waals surface area contributed by atoms with Crippen molar-refractivity contribution in [2.24, 2.45) is 0 Å². The monoisotopic (exact) mass is 336 g/mol. The van der Waals surface area contributed by atoms with Crippen LogP contribution in [0.25, 0.3) is 0 Å². The fraction of sp³-hybridized carbons (Fsp3) is 0.0714. The van der Waals surface area contributed by atoms with Gasteiger partial charge in [-0.3, -0.25) is 14.4 Å². The van der Waals surface area contributed by atoms with E-state index >= 15 is 0 Å². The Balaban J connectivity index is 2.44. The molecule has 1 aromatic carbocycles. The summed E-state index contributed by atoms with van der Waals surface area (Å²) in [6.07, 6.45) is 0. The first-order chi connectivity index (χ1) is 9.40. The number of aryl methyl sites for hydroxylation is 1. The van der Waals surface area contributed by atoms with Gasteiger partial charge in [-0.05, 0) is 31.2 Å². The number of ketones is 2. The van der Waals surface area contributed by atoms with Crippen molar-refractivity contribution < 1.29 is 19.1 Å². The summed E-state index contributed by atoms with van der Waals surface area (Å²) >= 11 is 3.21. The Bertz CT molecular complexity index is 743. The molecular formula is C14H9BrO5. The van der Waals surface area contributed by atoms with Crippen molar-refractivity contribution in [3.05, 3.63) is 62.1 Å². The zero-order valence-corrected chi connectivity index (χ0v) is 11.9. The van der Waals surface area contributed by atoms with Gasteiger partial charge in [0.2, 0.25) is 22.7 Å². The van der Waals surface area contributed by atoms with Gasteiger partial charge in [-0.2, -0.15) is 0 Å². The van der Waals surface area contributed by atoms with Crippen molar-refractivity contribution >= 4 is 27.5 Å². The van der Waals surface area contributed by atoms with Gasteiger partial charge in [-0.25, -0.2) is 0 Å². The van der Waals surface area contributed by atoms with Gasteiger partial charge >= 0.3 is 0 Å². The third kappa shape index (κ3) is 2.70. The van der Waals surface area contributed by atoms with Gasteiger partial charge < -0.3 is 9.52 Å². The Morgan fingerprint density at radius 3 is 2.35 bits per heavy atom. The summed E-state index contributed by atoms with van der Waals surface area (Å²) in [5, 5.41) is 9.55. The van der Waals surface area contributed by atoms with E-state index in [1.165, 1.54) is 19.1 Å². The number of carbonyl (C=O) groups is 2. The van der Waals surface area contributed by atoms with Crippen LogP contribution < -0.4 is 5.43 Å². The Labute approximate surface area is 122 Å². The molecule has 6 heteroatoms. The van der Waals surface area contributed by atoms with Crippen LogP contribution in [-0.2, 0) is 0 Å². The third-order valence-electron chi connectivity index (χ3n) is 2.56. The molecule has 2 rings (SSSR count). The molecule has 0 atom stereocenters. The fourth-order valence-corrected chi connectivity index (χ4v) is 1.86. The van der Waals surface area contributed by atoms with Gasteiger partial charge in [-0.15, -0.1) is 0 Å². The van der Waals surface area contributed by atoms with E-state index < -0.39 is 28.5 Å². The maximum atomic E-state index is 12.0. The molecule has 0 aliphatic heterocycles. The molecule has 0 aliphatic rings. The number of carbonyl (C=O) groups excluding carboxylic acids is 2. The quantitative estimate of drug-likeness (QED) is 0.687. The lowest BCUT2D eigenvalue weighted by Crippen LogP contribution is -2.17. The zero-order valence-electron chi connectivity index (χ0n) is 10.3. The molecule has 0 spiro atoms. The van der Waals surface area contributed by atoms with Crippen molar-refractivity contribution in [2.75, 3.05) is 0 Å². The number of hydrogen-bond acceptors (Lipinski definition) is 5. The van der Waals surface area contributed by atoms with Crippen molar-refractivity contribution in [3.63, 3.8) is 0 Å². The lowest BCUT2D eigenvalue weighted by atomic mass is 10.1. The highest BCUT2D eigenvalue weighted by molar-refractivity contribution is 9.10. The van der Waals surface area contributed by atoms with Crippen LogP contribution >= 0.6 is 15.9 Å². The van der Waals surface area contributed by atoms with E-state index in [1.807, 2.05) is 0 Å². The topological polar surface area (TPSA) is 84.6 Å². The molecular weight excluding hydrogens is 328 g/mol. The summed E-state index contributed by atoms with van der Waals surface area (Å²) in [6.45, 7) is 1.45. The SMILES string of the molecule is Cc1cc(=O)c(O)c(C(=O)C(=O)c2ccc(Br)cc2)o1. The normalized spacial score (nSPS) is 10.3. The summed E-state index contributed by atoms with van der Waals surface area (Å²) < 4.78 is 5.74. The van der Waals surface area contributed by atoms with Gasteiger partial charge in [-0.1, -0.05) is 15.9 Å². The van der Waals surface area contributed by atoms with Crippen molar-refractivity contribution in [3.8, 4) is 5.75 Å². The maximum Gasteiger partial charge on any atom is 0.272 e. The standard InChI is InChI=1S/C14H9BrO5/c1-7-6-10(16)12(18)14(20-7)13(19)11(17)8-2-4-9(15)5-3-8/h2-6,18H,1H3. The maximum absolute atomic E-state index is 12.0. The Hall–Kier alpha value is -2.21. The minimum Gasteiger partial charge on any atom is -0.501 e. The highest BCUT2D eigenvalue weighted by atomic mass is 79.9. The summed E-state index contributed by atoms with van der Waals surface area (Å²) in [6, 6.07) is 7.15. The van der Waals surface area contributed by atoms with Crippen LogP contribution in [0.15, 0.2) is 44.0 Å². The fourth-order valence-electron chi connectivity index (χ4n) is 1.59. The number of benzene rings is 1. The molecule has 0 amide bonds. The first-order valence-electron chi connectivity index (χ1n) is 5.58. The minimum absolute atomic E-state index is 0.139. The summed E-state index contributed by atoms with van der Waals surface area (Å²) in [5.74, 6) is -3.28. The highest BCUT2D eigenvalue weighted by Gasteiger charge is 2.25. The average molecular weight is 337 g/mol. The second kappa shape index (κ2) is 5.42. The van der Waals surface area contributed by atoms with Crippen LogP contribution in [0.4, 0.5) is 0 Å². The van der Waals surface area contributed by atoms with Gasteiger partial charge in [0.05, 0.1) is 0 Å². The van der Waals surface area contributed by atoms with Crippen molar-refractivity contribution in [2.45, 2.75) is 6.92 Å². The number of halogens is 1. The average Bonchev–Trinajstić information content (AvgIpc) is 2.42. The predicted octanol–water partition coefficient (Wildman–Crippen LogP) is 2.48. The van der Waals surface area contributed by atoms with E-state index in [0.29, 0.717) is 0 Å². The van der Waals surface area contributed by atoms with Crippen LogP contribution in [0.1, 0.15) is 26.7 Å². The Morgan fingerprint density at radius 1 is 1.15 bits per heavy atom. The number of hydrogen-bond donors (Lipinski definition) is 1. The van der Waals surface area contributed by atoms with E-state index in [9.17, 15) is 19.5 Å². The second-order valence-corrected chi connectivity index (χ2v) is 4.98. The van der Waals surface area contributed by atoms with Crippen LogP contribution in [0.5, 0.6) is 5.75 Å². The predicted molar refractivity (Wildman–Crippen MR) is 74.2 cm³/mol. The molecule has 0 radical (unpaired) electrons. The van der Waals surface area contributed by atoms with E-state index in [4.69, 9.17) is 4.42 Å². The summed E-state index contributed by atoms with van der Waals surface area (Å²) in [5.41, 5.74) is -0.623. The van der Waals surface area contributed by atoms with Crippen LogP contribution in [0.3, 0.4) is 0 Å². The Kier molecular flexibility index (Phi) is 3.85. The zero-order chi connectivity index (χ0) is 14.9. The van der Waals surface area contributed by atoms with Gasteiger partial charge in [0, 0.05) is 16.1 Å². The molecule has 1 N–H and O–H groups in total. The summed E-state index contributed by atoms with van der Waals surface area (Å²) in [7, 11) is 0. The third-order valence-corrected chi connectivity index (χ3v) is 3.09. The molecule has 0 saturated carbocycles. The first-order valence-corrected chi connectivity index (χ1v) is 6.37. The minimum atomic E-state index is -1.06. The molecule has 2 aromatic rings. The molecule has 1 heterocycles.